The third kappa shape index (κ3) is 3.44. The topological polar surface area (TPSA) is 32.3 Å². The zero-order chi connectivity index (χ0) is 10.7. The molecule has 5 heteroatoms. The second kappa shape index (κ2) is 6.36. The molecule has 0 amide bonds. The minimum absolute atomic E-state index is 0. The van der Waals surface area contributed by atoms with Crippen LogP contribution < -0.4 is 5.32 Å². The summed E-state index contributed by atoms with van der Waals surface area (Å²) in [5, 5.41) is 14.7. The highest BCUT2D eigenvalue weighted by molar-refractivity contribution is 9.10. The maximum atomic E-state index is 9.02. The smallest absolute Gasteiger partial charge is 0.0448 e. The van der Waals surface area contributed by atoms with Crippen molar-refractivity contribution in [3.63, 3.8) is 0 Å². The first kappa shape index (κ1) is 14.5. The Bertz CT molecular complexity index is 328. The van der Waals surface area contributed by atoms with Crippen LogP contribution >= 0.6 is 39.7 Å². The van der Waals surface area contributed by atoms with E-state index >= 15 is 0 Å². The summed E-state index contributed by atoms with van der Waals surface area (Å²) in [6, 6.07) is 2.16. The third-order valence-corrected chi connectivity index (χ3v) is 4.86. The fourth-order valence-electron chi connectivity index (χ4n) is 2.05. The fourth-order valence-corrected chi connectivity index (χ4v) is 3.44. The molecule has 2 nitrogen and oxygen atoms in total. The van der Waals surface area contributed by atoms with Crippen LogP contribution in [0.1, 0.15) is 30.6 Å². The fraction of sp³-hybridized carbons (Fsp3) is 0.636. The van der Waals surface area contributed by atoms with Crippen LogP contribution in [0.5, 0.6) is 0 Å². The first-order valence-corrected chi connectivity index (χ1v) is 7.00. The van der Waals surface area contributed by atoms with Gasteiger partial charge in [0.15, 0.2) is 0 Å². The van der Waals surface area contributed by atoms with Crippen LogP contribution in [0, 0.1) is 0 Å². The summed E-state index contributed by atoms with van der Waals surface area (Å²) in [5.74, 6) is 0. The summed E-state index contributed by atoms with van der Waals surface area (Å²) >= 11 is 5.23. The van der Waals surface area contributed by atoms with E-state index in [1.54, 1.807) is 11.3 Å². The molecule has 16 heavy (non-hydrogen) atoms. The minimum atomic E-state index is 0. The SMILES string of the molecule is Cl.OCCC1(NCc2cc(Br)cs2)CCC1. The van der Waals surface area contributed by atoms with E-state index in [9.17, 15) is 0 Å². The molecule has 0 unspecified atom stereocenters. The molecule has 1 heterocycles. The molecule has 1 aromatic rings. The number of hydrogen-bond acceptors (Lipinski definition) is 3. The van der Waals surface area contributed by atoms with Crippen molar-refractivity contribution in [2.75, 3.05) is 6.61 Å². The van der Waals surface area contributed by atoms with Gasteiger partial charge in [0.25, 0.3) is 0 Å². The normalized spacial score (nSPS) is 17.6. The highest BCUT2D eigenvalue weighted by Gasteiger charge is 2.35. The minimum Gasteiger partial charge on any atom is -0.396 e. The number of aliphatic hydroxyl groups excluding tert-OH is 1. The predicted octanol–water partition coefficient (Wildman–Crippen LogP) is 3.33. The maximum Gasteiger partial charge on any atom is 0.0448 e. The molecule has 92 valence electrons. The van der Waals surface area contributed by atoms with Crippen molar-refractivity contribution in [1.82, 2.24) is 5.32 Å². The van der Waals surface area contributed by atoms with Gasteiger partial charge in [0.05, 0.1) is 0 Å². The van der Waals surface area contributed by atoms with Gasteiger partial charge in [-0.25, -0.2) is 0 Å². The van der Waals surface area contributed by atoms with Gasteiger partial charge in [0.1, 0.15) is 0 Å². The molecular formula is C11H17BrClNOS. The van der Waals surface area contributed by atoms with Crippen molar-refractivity contribution < 1.29 is 5.11 Å². The van der Waals surface area contributed by atoms with Gasteiger partial charge in [-0.1, -0.05) is 0 Å². The molecule has 0 saturated heterocycles. The van der Waals surface area contributed by atoms with Crippen LogP contribution in [0.25, 0.3) is 0 Å². The van der Waals surface area contributed by atoms with E-state index in [0.29, 0.717) is 6.61 Å². The van der Waals surface area contributed by atoms with E-state index in [1.165, 1.54) is 24.1 Å². The summed E-state index contributed by atoms with van der Waals surface area (Å²) < 4.78 is 1.16. The highest BCUT2D eigenvalue weighted by atomic mass is 79.9. The number of rotatable bonds is 5. The highest BCUT2D eigenvalue weighted by Crippen LogP contribution is 2.35. The van der Waals surface area contributed by atoms with Crippen LogP contribution in [0.3, 0.4) is 0 Å². The lowest BCUT2D eigenvalue weighted by Crippen LogP contribution is -2.51. The van der Waals surface area contributed by atoms with Crippen molar-refractivity contribution in [3.05, 3.63) is 20.8 Å². The van der Waals surface area contributed by atoms with Crippen molar-refractivity contribution >= 4 is 39.7 Å². The molecule has 1 aliphatic carbocycles. The Kier molecular flexibility index (Phi) is 5.74. The molecule has 1 aliphatic rings. The molecule has 0 aliphatic heterocycles. The monoisotopic (exact) mass is 325 g/mol. The second-order valence-corrected chi connectivity index (χ2v) is 6.10. The number of hydrogen-bond donors (Lipinski definition) is 2. The lowest BCUT2D eigenvalue weighted by molar-refractivity contribution is 0.130. The molecule has 0 spiro atoms. The standard InChI is InChI=1S/C11H16BrNOS.ClH/c12-9-6-10(15-8-9)7-13-11(4-5-14)2-1-3-11;/h6,8,13-14H,1-5,7H2;1H. The van der Waals surface area contributed by atoms with E-state index in [4.69, 9.17) is 5.11 Å². The number of halogens is 2. The van der Waals surface area contributed by atoms with E-state index in [1.807, 2.05) is 0 Å². The zero-order valence-corrected chi connectivity index (χ0v) is 12.3. The Hall–Kier alpha value is 0.390. The van der Waals surface area contributed by atoms with Crippen LogP contribution in [0.4, 0.5) is 0 Å². The second-order valence-electron chi connectivity index (χ2n) is 4.19. The lowest BCUT2D eigenvalue weighted by Gasteiger charge is -2.42. The van der Waals surface area contributed by atoms with Crippen LogP contribution in [0.2, 0.25) is 0 Å². The Labute approximate surface area is 115 Å². The summed E-state index contributed by atoms with van der Waals surface area (Å²) in [6.45, 7) is 1.22. The van der Waals surface area contributed by atoms with Gasteiger partial charge in [-0.05, 0) is 47.7 Å². The first-order valence-electron chi connectivity index (χ1n) is 5.33. The Morgan fingerprint density at radius 1 is 1.50 bits per heavy atom. The molecule has 2 rings (SSSR count). The van der Waals surface area contributed by atoms with Gasteiger partial charge in [-0.15, -0.1) is 23.7 Å². The van der Waals surface area contributed by atoms with Crippen molar-refractivity contribution in [2.45, 2.75) is 37.8 Å². The van der Waals surface area contributed by atoms with E-state index in [2.05, 4.69) is 32.7 Å². The third-order valence-electron chi connectivity index (χ3n) is 3.16. The summed E-state index contributed by atoms with van der Waals surface area (Å²) in [7, 11) is 0. The first-order chi connectivity index (χ1) is 7.24. The summed E-state index contributed by atoms with van der Waals surface area (Å²) in [6.07, 6.45) is 4.60. The maximum absolute atomic E-state index is 9.02. The van der Waals surface area contributed by atoms with E-state index in [0.717, 1.165) is 17.4 Å². The average Bonchev–Trinajstić information content (AvgIpc) is 2.56. The van der Waals surface area contributed by atoms with Gasteiger partial charge in [-0.3, -0.25) is 0 Å². The average molecular weight is 327 g/mol. The van der Waals surface area contributed by atoms with E-state index in [-0.39, 0.29) is 17.9 Å². The molecule has 2 N–H and O–H groups in total. The van der Waals surface area contributed by atoms with Crippen LogP contribution in [0.15, 0.2) is 15.9 Å². The molecule has 1 saturated carbocycles. The van der Waals surface area contributed by atoms with Gasteiger partial charge in [-0.2, -0.15) is 0 Å². The largest absolute Gasteiger partial charge is 0.396 e. The van der Waals surface area contributed by atoms with Crippen LogP contribution in [-0.2, 0) is 6.54 Å². The molecule has 0 radical (unpaired) electrons. The Morgan fingerprint density at radius 3 is 2.69 bits per heavy atom. The van der Waals surface area contributed by atoms with Crippen molar-refractivity contribution in [3.8, 4) is 0 Å². The molecule has 0 atom stereocenters. The number of aliphatic hydroxyl groups is 1. The van der Waals surface area contributed by atoms with Gasteiger partial charge < -0.3 is 10.4 Å². The molecule has 1 fully saturated rings. The van der Waals surface area contributed by atoms with Gasteiger partial charge in [0.2, 0.25) is 0 Å². The lowest BCUT2D eigenvalue weighted by atomic mass is 9.74. The van der Waals surface area contributed by atoms with Crippen LogP contribution in [-0.4, -0.2) is 17.3 Å². The number of nitrogens with one attached hydrogen (secondary N) is 1. The van der Waals surface area contributed by atoms with Gasteiger partial charge in [0, 0.05) is 33.4 Å². The van der Waals surface area contributed by atoms with Gasteiger partial charge >= 0.3 is 0 Å². The molecule has 0 aromatic carbocycles. The van der Waals surface area contributed by atoms with E-state index < -0.39 is 0 Å². The summed E-state index contributed by atoms with van der Waals surface area (Å²) in [5.41, 5.74) is 0.227. The number of thiophene rings is 1. The molecule has 0 bridgehead atoms. The molecular weight excluding hydrogens is 310 g/mol. The predicted molar refractivity (Wildman–Crippen MR) is 74.4 cm³/mol. The van der Waals surface area contributed by atoms with Crippen molar-refractivity contribution in [1.29, 1.82) is 0 Å². The quantitative estimate of drug-likeness (QED) is 0.870. The Morgan fingerprint density at radius 2 is 2.25 bits per heavy atom. The molecule has 1 aromatic heterocycles. The summed E-state index contributed by atoms with van der Waals surface area (Å²) in [4.78, 5) is 1.35. The van der Waals surface area contributed by atoms with Crippen molar-refractivity contribution in [2.24, 2.45) is 0 Å². The zero-order valence-electron chi connectivity index (χ0n) is 9.04. The Balaban J connectivity index is 0.00000128.